The van der Waals surface area contributed by atoms with Crippen LogP contribution >= 0.6 is 0 Å². The molecule has 5 nitrogen and oxygen atoms in total. The number of nitrogens with zero attached hydrogens (tertiary/aromatic N) is 3. The lowest BCUT2D eigenvalue weighted by molar-refractivity contribution is 0.666. The lowest BCUT2D eigenvalue weighted by Crippen LogP contribution is -2.02. The first-order chi connectivity index (χ1) is 28.3. The van der Waals surface area contributed by atoms with E-state index in [4.69, 9.17) is 18.8 Å². The Hall–Kier alpha value is -7.76. The van der Waals surface area contributed by atoms with Crippen molar-refractivity contribution in [2.24, 2.45) is 0 Å². The molecule has 4 aromatic heterocycles. The molecule has 0 amide bonds. The van der Waals surface area contributed by atoms with Crippen LogP contribution in [0.4, 0.5) is 0 Å². The summed E-state index contributed by atoms with van der Waals surface area (Å²) in [5.74, 6) is 1.31. The van der Waals surface area contributed by atoms with Crippen LogP contribution in [0.3, 0.4) is 0 Å². The van der Waals surface area contributed by atoms with Crippen molar-refractivity contribution < 1.29 is 8.83 Å². The van der Waals surface area contributed by atoms with Crippen molar-refractivity contribution in [3.05, 3.63) is 176 Å². The van der Waals surface area contributed by atoms with Gasteiger partial charge in [0, 0.05) is 37.9 Å². The zero-order chi connectivity index (χ0) is 37.2. The van der Waals surface area contributed by atoms with Gasteiger partial charge in [-0.15, -0.1) is 0 Å². The number of rotatable bonds is 3. The van der Waals surface area contributed by atoms with Gasteiger partial charge in [-0.2, -0.15) is 0 Å². The van der Waals surface area contributed by atoms with Gasteiger partial charge in [0.2, 0.25) is 0 Å². The van der Waals surface area contributed by atoms with Gasteiger partial charge >= 0.3 is 0 Å². The molecule has 5 heteroatoms. The highest BCUT2D eigenvalue weighted by atomic mass is 16.3. The van der Waals surface area contributed by atoms with E-state index in [1.54, 1.807) is 0 Å². The largest absolute Gasteiger partial charge is 0.455 e. The molecule has 0 fully saturated rings. The molecule has 264 valence electrons. The van der Waals surface area contributed by atoms with Crippen LogP contribution in [0.25, 0.3) is 126 Å². The Morgan fingerprint density at radius 3 is 1.89 bits per heavy atom. The van der Waals surface area contributed by atoms with Gasteiger partial charge in [0.15, 0.2) is 17.2 Å². The number of furan rings is 2. The van der Waals surface area contributed by atoms with Crippen molar-refractivity contribution in [1.82, 2.24) is 14.5 Å². The maximum atomic E-state index is 7.14. The maximum absolute atomic E-state index is 7.14. The lowest BCUT2D eigenvalue weighted by atomic mass is 9.98. The van der Waals surface area contributed by atoms with Gasteiger partial charge in [-0.05, 0) is 69.1 Å². The minimum atomic E-state index is 0.626. The summed E-state index contributed by atoms with van der Waals surface area (Å²) in [5.41, 5.74) is 9.18. The van der Waals surface area contributed by atoms with E-state index >= 15 is 0 Å². The van der Waals surface area contributed by atoms with E-state index in [9.17, 15) is 0 Å². The number of fused-ring (bicyclic) bond motifs is 16. The van der Waals surface area contributed by atoms with Crippen LogP contribution in [0.15, 0.2) is 185 Å². The van der Waals surface area contributed by atoms with Crippen LogP contribution in [0.1, 0.15) is 0 Å². The third kappa shape index (κ3) is 4.28. The number of aromatic nitrogens is 3. The van der Waals surface area contributed by atoms with E-state index in [-0.39, 0.29) is 0 Å². The van der Waals surface area contributed by atoms with E-state index in [1.165, 1.54) is 0 Å². The fourth-order valence-electron chi connectivity index (χ4n) is 9.20. The molecule has 0 bridgehead atoms. The first kappa shape index (κ1) is 30.6. The van der Waals surface area contributed by atoms with Gasteiger partial charge < -0.3 is 8.83 Å². The second-order valence-corrected chi connectivity index (χ2v) is 14.9. The summed E-state index contributed by atoms with van der Waals surface area (Å²) in [5, 5.41) is 12.1. The highest BCUT2D eigenvalue weighted by Crippen LogP contribution is 2.45. The Bertz CT molecular complexity index is 3820. The number of para-hydroxylation sites is 2. The van der Waals surface area contributed by atoms with Crippen molar-refractivity contribution in [1.29, 1.82) is 0 Å². The zero-order valence-corrected chi connectivity index (χ0v) is 30.4. The topological polar surface area (TPSA) is 57.0 Å². The standard InChI is InChI=1S/C52H29N3O2/c1-2-13-30(14-3-1)31-15-12-16-33(27-31)51-53-47-46-38-21-6-4-17-34(38)35-18-5-7-22-39(35)49(46)57-50(47)52(54-51)55-43-23-10-8-19-36(43)42-28-32-25-26-40-37-20-9-11-24-45(37)56-48(40)41(32)29-44(42)55/h1-29H. The summed E-state index contributed by atoms with van der Waals surface area (Å²) in [4.78, 5) is 11.0. The maximum Gasteiger partial charge on any atom is 0.197 e. The molecule has 57 heavy (non-hydrogen) atoms. The Balaban J connectivity index is 1.20. The van der Waals surface area contributed by atoms with Crippen molar-refractivity contribution >= 4 is 98.1 Å². The minimum absolute atomic E-state index is 0.626. The Labute approximate surface area is 324 Å². The minimum Gasteiger partial charge on any atom is -0.455 e. The van der Waals surface area contributed by atoms with E-state index in [0.717, 1.165) is 109 Å². The van der Waals surface area contributed by atoms with E-state index in [0.29, 0.717) is 17.2 Å². The second-order valence-electron chi connectivity index (χ2n) is 14.9. The summed E-state index contributed by atoms with van der Waals surface area (Å²) in [6.07, 6.45) is 0. The monoisotopic (exact) mass is 727 g/mol. The SMILES string of the molecule is c1ccc(-c2cccc(-c3nc(-n4c5ccccc5c5cc6ccc7c8ccccc8oc7c6cc54)c4oc5c6ccccc6c6ccccc6c5c4n3)c2)cc1. The number of benzene rings is 9. The molecule has 0 aliphatic carbocycles. The molecule has 0 saturated heterocycles. The first-order valence-corrected chi connectivity index (χ1v) is 19.2. The van der Waals surface area contributed by atoms with Crippen molar-refractivity contribution in [3.8, 4) is 28.3 Å². The van der Waals surface area contributed by atoms with Crippen LogP contribution in [-0.2, 0) is 0 Å². The molecule has 0 N–H and O–H groups in total. The molecule has 4 heterocycles. The molecular formula is C52H29N3O2. The Morgan fingerprint density at radius 1 is 0.368 bits per heavy atom. The van der Waals surface area contributed by atoms with Crippen LogP contribution < -0.4 is 0 Å². The summed E-state index contributed by atoms with van der Waals surface area (Å²) in [6, 6.07) is 61.8. The van der Waals surface area contributed by atoms with E-state index < -0.39 is 0 Å². The summed E-state index contributed by atoms with van der Waals surface area (Å²) in [7, 11) is 0. The smallest absolute Gasteiger partial charge is 0.197 e. The Morgan fingerprint density at radius 2 is 1.04 bits per heavy atom. The summed E-state index contributed by atoms with van der Waals surface area (Å²) >= 11 is 0. The normalized spacial score (nSPS) is 12.2. The van der Waals surface area contributed by atoms with Gasteiger partial charge in [-0.3, -0.25) is 4.57 Å². The number of hydrogen-bond donors (Lipinski definition) is 0. The van der Waals surface area contributed by atoms with Crippen molar-refractivity contribution in [2.75, 3.05) is 0 Å². The third-order valence-electron chi connectivity index (χ3n) is 11.8. The van der Waals surface area contributed by atoms with Crippen LogP contribution in [0.5, 0.6) is 0 Å². The predicted octanol–water partition coefficient (Wildman–Crippen LogP) is 14.2. The van der Waals surface area contributed by atoms with Crippen molar-refractivity contribution in [2.45, 2.75) is 0 Å². The van der Waals surface area contributed by atoms with Gasteiger partial charge in [-0.25, -0.2) is 9.97 Å². The average molecular weight is 728 g/mol. The highest BCUT2D eigenvalue weighted by molar-refractivity contribution is 6.30. The molecule has 0 aliphatic heterocycles. The molecule has 0 radical (unpaired) electrons. The van der Waals surface area contributed by atoms with Gasteiger partial charge in [0.1, 0.15) is 22.3 Å². The second kappa shape index (κ2) is 11.4. The predicted molar refractivity (Wildman–Crippen MR) is 234 cm³/mol. The quantitative estimate of drug-likeness (QED) is 0.170. The van der Waals surface area contributed by atoms with Crippen LogP contribution in [0, 0.1) is 0 Å². The fraction of sp³-hybridized carbons (Fsp3) is 0. The van der Waals surface area contributed by atoms with Gasteiger partial charge in [-0.1, -0.05) is 140 Å². The van der Waals surface area contributed by atoms with Crippen molar-refractivity contribution in [3.63, 3.8) is 0 Å². The van der Waals surface area contributed by atoms with E-state index in [2.05, 4.69) is 162 Å². The molecule has 0 aliphatic rings. The molecule has 0 atom stereocenters. The zero-order valence-electron chi connectivity index (χ0n) is 30.4. The lowest BCUT2D eigenvalue weighted by Gasteiger charge is -2.11. The van der Waals surface area contributed by atoms with Gasteiger partial charge in [0.25, 0.3) is 0 Å². The molecule has 0 saturated carbocycles. The average Bonchev–Trinajstić information content (AvgIpc) is 3.96. The fourth-order valence-corrected chi connectivity index (χ4v) is 9.20. The molecular weight excluding hydrogens is 699 g/mol. The molecule has 9 aromatic carbocycles. The Kier molecular flexibility index (Phi) is 6.10. The van der Waals surface area contributed by atoms with Crippen LogP contribution in [0.2, 0.25) is 0 Å². The summed E-state index contributed by atoms with van der Waals surface area (Å²) in [6.45, 7) is 0. The third-order valence-corrected chi connectivity index (χ3v) is 11.8. The molecule has 13 rings (SSSR count). The summed E-state index contributed by atoms with van der Waals surface area (Å²) < 4.78 is 16.0. The molecule has 13 aromatic rings. The highest BCUT2D eigenvalue weighted by Gasteiger charge is 2.25. The number of hydrogen-bond acceptors (Lipinski definition) is 4. The molecule has 0 spiro atoms. The van der Waals surface area contributed by atoms with Gasteiger partial charge in [0.05, 0.1) is 16.4 Å². The van der Waals surface area contributed by atoms with E-state index in [1.807, 2.05) is 18.2 Å². The van der Waals surface area contributed by atoms with Crippen LogP contribution in [-0.4, -0.2) is 14.5 Å². The molecule has 0 unspecified atom stereocenters. The first-order valence-electron chi connectivity index (χ1n) is 19.2.